The number of ether oxygens (including phenoxy) is 2. The van der Waals surface area contributed by atoms with Gasteiger partial charge in [-0.3, -0.25) is 0 Å². The van der Waals surface area contributed by atoms with Crippen molar-refractivity contribution < 1.29 is 9.47 Å². The first-order valence-corrected chi connectivity index (χ1v) is 8.49. The van der Waals surface area contributed by atoms with Crippen LogP contribution in [-0.2, 0) is 6.54 Å². The first-order chi connectivity index (χ1) is 11.3. The van der Waals surface area contributed by atoms with E-state index in [1.165, 1.54) is 5.56 Å². The zero-order valence-electron chi connectivity index (χ0n) is 14.3. The van der Waals surface area contributed by atoms with E-state index in [1.807, 2.05) is 12.1 Å². The van der Waals surface area contributed by atoms with Crippen LogP contribution in [0.5, 0.6) is 11.5 Å². The second-order valence-electron chi connectivity index (χ2n) is 6.00. The molecule has 4 heteroatoms. The lowest BCUT2D eigenvalue weighted by molar-refractivity contribution is 0.173. The Kier molecular flexibility index (Phi) is 6.95. The molecule has 2 aromatic rings. The lowest BCUT2D eigenvalue weighted by atomic mass is 9.88. The summed E-state index contributed by atoms with van der Waals surface area (Å²) in [5.74, 6) is 2.35. The summed E-state index contributed by atoms with van der Waals surface area (Å²) >= 11 is 0. The maximum atomic E-state index is 5.62. The monoisotopic (exact) mass is 347 g/mol. The summed E-state index contributed by atoms with van der Waals surface area (Å²) in [6.45, 7) is 5.63. The molecule has 3 rings (SSSR count). The molecule has 0 bridgehead atoms. The number of benzene rings is 2. The van der Waals surface area contributed by atoms with Gasteiger partial charge in [0.1, 0.15) is 0 Å². The SMILES string of the molecule is CCC(CC)C(NCc1cccc2c1OCO2)c1ccccc1.Cl. The van der Waals surface area contributed by atoms with Gasteiger partial charge >= 0.3 is 0 Å². The number of rotatable bonds is 7. The lowest BCUT2D eigenvalue weighted by Gasteiger charge is -2.27. The van der Waals surface area contributed by atoms with Crippen LogP contribution in [0.15, 0.2) is 48.5 Å². The Balaban J connectivity index is 0.00000208. The standard InChI is InChI=1S/C20H25NO2.ClH/c1-3-15(4-2)19(16-9-6-5-7-10-16)21-13-17-11-8-12-18-20(17)23-14-22-18;/h5-12,15,19,21H,3-4,13-14H2,1-2H3;1H. The van der Waals surface area contributed by atoms with Crippen molar-refractivity contribution in [1.29, 1.82) is 0 Å². The van der Waals surface area contributed by atoms with Crippen LogP contribution in [0, 0.1) is 5.92 Å². The zero-order valence-corrected chi connectivity index (χ0v) is 15.1. The Morgan fingerprint density at radius 1 is 0.958 bits per heavy atom. The molecular formula is C20H26ClNO2. The van der Waals surface area contributed by atoms with Crippen LogP contribution in [0.4, 0.5) is 0 Å². The van der Waals surface area contributed by atoms with Crippen LogP contribution in [0.2, 0.25) is 0 Å². The van der Waals surface area contributed by atoms with Crippen LogP contribution in [0.25, 0.3) is 0 Å². The largest absolute Gasteiger partial charge is 0.454 e. The van der Waals surface area contributed by atoms with Crippen molar-refractivity contribution in [3.05, 3.63) is 59.7 Å². The van der Waals surface area contributed by atoms with E-state index in [0.717, 1.165) is 36.4 Å². The number of halogens is 1. The smallest absolute Gasteiger partial charge is 0.231 e. The molecule has 130 valence electrons. The van der Waals surface area contributed by atoms with E-state index in [4.69, 9.17) is 9.47 Å². The van der Waals surface area contributed by atoms with Crippen molar-refractivity contribution >= 4 is 12.4 Å². The first kappa shape index (κ1) is 18.6. The highest BCUT2D eigenvalue weighted by Crippen LogP contribution is 2.36. The summed E-state index contributed by atoms with van der Waals surface area (Å²) in [6, 6.07) is 17.2. The molecule has 1 atom stereocenters. The van der Waals surface area contributed by atoms with Crippen molar-refractivity contribution in [3.63, 3.8) is 0 Å². The molecule has 1 unspecified atom stereocenters. The summed E-state index contributed by atoms with van der Waals surface area (Å²) in [7, 11) is 0. The molecule has 0 aliphatic carbocycles. The first-order valence-electron chi connectivity index (χ1n) is 8.49. The number of hydrogen-bond donors (Lipinski definition) is 1. The molecule has 0 radical (unpaired) electrons. The number of para-hydroxylation sites is 1. The highest BCUT2D eigenvalue weighted by molar-refractivity contribution is 5.85. The summed E-state index contributed by atoms with van der Waals surface area (Å²) in [5.41, 5.74) is 2.51. The third-order valence-electron chi connectivity index (χ3n) is 4.67. The molecule has 0 spiro atoms. The van der Waals surface area contributed by atoms with Crippen molar-refractivity contribution in [3.8, 4) is 11.5 Å². The predicted molar refractivity (Wildman–Crippen MR) is 99.9 cm³/mol. The zero-order chi connectivity index (χ0) is 16.1. The molecule has 1 aliphatic heterocycles. The van der Waals surface area contributed by atoms with E-state index in [1.54, 1.807) is 0 Å². The number of fused-ring (bicyclic) bond motifs is 1. The highest BCUT2D eigenvalue weighted by Gasteiger charge is 2.22. The fourth-order valence-electron chi connectivity index (χ4n) is 3.33. The summed E-state index contributed by atoms with van der Waals surface area (Å²) in [4.78, 5) is 0. The fraction of sp³-hybridized carbons (Fsp3) is 0.400. The average molecular weight is 348 g/mol. The Morgan fingerprint density at radius 2 is 1.71 bits per heavy atom. The van der Waals surface area contributed by atoms with Crippen molar-refractivity contribution in [2.24, 2.45) is 5.92 Å². The second kappa shape index (κ2) is 8.95. The maximum absolute atomic E-state index is 5.62. The van der Waals surface area contributed by atoms with Crippen molar-refractivity contribution in [1.82, 2.24) is 5.32 Å². The molecular weight excluding hydrogens is 322 g/mol. The third-order valence-corrected chi connectivity index (χ3v) is 4.67. The van der Waals surface area contributed by atoms with E-state index >= 15 is 0 Å². The normalized spacial score (nSPS) is 13.6. The van der Waals surface area contributed by atoms with E-state index in [2.05, 4.69) is 55.6 Å². The topological polar surface area (TPSA) is 30.5 Å². The lowest BCUT2D eigenvalue weighted by Crippen LogP contribution is -2.27. The van der Waals surface area contributed by atoms with Gasteiger partial charge in [-0.1, -0.05) is 69.2 Å². The molecule has 1 N–H and O–H groups in total. The molecule has 0 aromatic heterocycles. The number of hydrogen-bond acceptors (Lipinski definition) is 3. The van der Waals surface area contributed by atoms with Crippen molar-refractivity contribution in [2.45, 2.75) is 39.3 Å². The van der Waals surface area contributed by atoms with Gasteiger partial charge in [-0.15, -0.1) is 12.4 Å². The summed E-state index contributed by atoms with van der Waals surface area (Å²) < 4.78 is 11.1. The minimum absolute atomic E-state index is 0. The van der Waals surface area contributed by atoms with Gasteiger partial charge in [0.05, 0.1) is 0 Å². The molecule has 1 aliphatic rings. The molecule has 0 saturated carbocycles. The van der Waals surface area contributed by atoms with E-state index in [9.17, 15) is 0 Å². The Morgan fingerprint density at radius 3 is 2.42 bits per heavy atom. The Bertz CT molecular complexity index is 629. The van der Waals surface area contributed by atoms with Gasteiger partial charge in [0, 0.05) is 18.2 Å². The van der Waals surface area contributed by atoms with Gasteiger partial charge in [-0.25, -0.2) is 0 Å². The van der Waals surface area contributed by atoms with Crippen LogP contribution in [-0.4, -0.2) is 6.79 Å². The van der Waals surface area contributed by atoms with Gasteiger partial charge in [0.25, 0.3) is 0 Å². The molecule has 2 aromatic carbocycles. The van der Waals surface area contributed by atoms with Crippen molar-refractivity contribution in [2.75, 3.05) is 6.79 Å². The maximum Gasteiger partial charge on any atom is 0.231 e. The van der Waals surface area contributed by atoms with Crippen LogP contribution in [0.3, 0.4) is 0 Å². The molecule has 1 heterocycles. The number of nitrogens with one attached hydrogen (secondary N) is 1. The summed E-state index contributed by atoms with van der Waals surface area (Å²) in [5, 5.41) is 3.75. The van der Waals surface area contributed by atoms with Gasteiger partial charge < -0.3 is 14.8 Å². The fourth-order valence-corrected chi connectivity index (χ4v) is 3.33. The molecule has 24 heavy (non-hydrogen) atoms. The minimum Gasteiger partial charge on any atom is -0.454 e. The minimum atomic E-state index is 0. The highest BCUT2D eigenvalue weighted by atomic mass is 35.5. The average Bonchev–Trinajstić information content (AvgIpc) is 3.09. The third kappa shape index (κ3) is 4.03. The second-order valence-corrected chi connectivity index (χ2v) is 6.00. The van der Waals surface area contributed by atoms with Gasteiger partial charge in [0.2, 0.25) is 6.79 Å². The van der Waals surface area contributed by atoms with Gasteiger partial charge in [-0.2, -0.15) is 0 Å². The Hall–Kier alpha value is -1.71. The van der Waals surface area contributed by atoms with E-state index in [-0.39, 0.29) is 12.4 Å². The van der Waals surface area contributed by atoms with E-state index < -0.39 is 0 Å². The summed E-state index contributed by atoms with van der Waals surface area (Å²) in [6.07, 6.45) is 2.32. The molecule has 0 amide bonds. The van der Waals surface area contributed by atoms with Crippen LogP contribution in [0.1, 0.15) is 43.9 Å². The molecule has 3 nitrogen and oxygen atoms in total. The van der Waals surface area contributed by atoms with Gasteiger partial charge in [0.15, 0.2) is 11.5 Å². The molecule has 0 fully saturated rings. The van der Waals surface area contributed by atoms with E-state index in [0.29, 0.717) is 18.8 Å². The van der Waals surface area contributed by atoms with Gasteiger partial charge in [-0.05, 0) is 17.5 Å². The van der Waals surface area contributed by atoms with Crippen LogP contribution >= 0.6 is 12.4 Å². The predicted octanol–water partition coefficient (Wildman–Crippen LogP) is 5.10. The quantitative estimate of drug-likeness (QED) is 0.755. The Labute approximate surface area is 150 Å². The van der Waals surface area contributed by atoms with Crippen LogP contribution < -0.4 is 14.8 Å². The molecule has 0 saturated heterocycles.